The Morgan fingerprint density at radius 1 is 1.62 bits per heavy atom. The number of carbonyl (C=O) groups excluding carboxylic acids is 1. The first kappa shape index (κ1) is 11.7. The summed E-state index contributed by atoms with van der Waals surface area (Å²) in [5, 5.41) is 8.34. The third kappa shape index (κ3) is 4.32. The molecule has 0 aromatic carbocycles. The predicted octanol–water partition coefficient (Wildman–Crippen LogP) is 2.05. The maximum atomic E-state index is 11.0. The SMILES string of the molecule is C=C(C#N)C(=O)OCC(C)(C)CC. The molecule has 0 rings (SSSR count). The van der Waals surface area contributed by atoms with Crippen molar-refractivity contribution in [2.75, 3.05) is 6.61 Å². The number of ether oxygens (including phenoxy) is 1. The molecule has 3 heteroatoms. The molecule has 3 nitrogen and oxygen atoms in total. The van der Waals surface area contributed by atoms with Crippen LogP contribution in [0, 0.1) is 16.7 Å². The minimum Gasteiger partial charge on any atom is -0.461 e. The van der Waals surface area contributed by atoms with E-state index in [9.17, 15) is 4.79 Å². The molecule has 0 heterocycles. The Labute approximate surface area is 79.0 Å². The topological polar surface area (TPSA) is 50.1 Å². The van der Waals surface area contributed by atoms with Crippen molar-refractivity contribution in [3.8, 4) is 6.07 Å². The van der Waals surface area contributed by atoms with E-state index in [4.69, 9.17) is 10.00 Å². The van der Waals surface area contributed by atoms with Crippen LogP contribution in [0.3, 0.4) is 0 Å². The minimum absolute atomic E-state index is 0.0363. The largest absolute Gasteiger partial charge is 0.461 e. The predicted molar refractivity (Wildman–Crippen MR) is 49.8 cm³/mol. The van der Waals surface area contributed by atoms with Gasteiger partial charge in [0, 0.05) is 0 Å². The van der Waals surface area contributed by atoms with Gasteiger partial charge in [0.1, 0.15) is 11.6 Å². The van der Waals surface area contributed by atoms with Gasteiger partial charge in [-0.3, -0.25) is 0 Å². The average molecular weight is 181 g/mol. The van der Waals surface area contributed by atoms with Gasteiger partial charge >= 0.3 is 5.97 Å². The normalized spacial score (nSPS) is 10.3. The van der Waals surface area contributed by atoms with Crippen LogP contribution < -0.4 is 0 Å². The van der Waals surface area contributed by atoms with Gasteiger partial charge in [-0.1, -0.05) is 27.4 Å². The van der Waals surface area contributed by atoms with Crippen LogP contribution in [0.5, 0.6) is 0 Å². The van der Waals surface area contributed by atoms with Crippen LogP contribution in [-0.2, 0) is 9.53 Å². The van der Waals surface area contributed by atoms with E-state index in [2.05, 4.69) is 6.58 Å². The lowest BCUT2D eigenvalue weighted by Gasteiger charge is -2.21. The van der Waals surface area contributed by atoms with Gasteiger partial charge in [-0.05, 0) is 11.8 Å². The zero-order valence-electron chi connectivity index (χ0n) is 8.39. The zero-order chi connectivity index (χ0) is 10.5. The van der Waals surface area contributed by atoms with Crippen molar-refractivity contribution >= 4 is 5.97 Å². The van der Waals surface area contributed by atoms with E-state index in [1.165, 1.54) is 0 Å². The molecular formula is C10H15NO2. The molecule has 0 aromatic rings. The van der Waals surface area contributed by atoms with Crippen molar-refractivity contribution in [3.63, 3.8) is 0 Å². The number of esters is 1. The standard InChI is InChI=1S/C10H15NO2/c1-5-10(3,4)7-13-9(12)8(2)6-11/h2,5,7H2,1,3-4H3. The summed E-state index contributed by atoms with van der Waals surface area (Å²) in [7, 11) is 0. The highest BCUT2D eigenvalue weighted by atomic mass is 16.5. The van der Waals surface area contributed by atoms with E-state index < -0.39 is 5.97 Å². The number of nitrogens with zero attached hydrogens (tertiary/aromatic N) is 1. The van der Waals surface area contributed by atoms with Gasteiger partial charge in [0.2, 0.25) is 0 Å². The number of hydrogen-bond donors (Lipinski definition) is 0. The number of carbonyl (C=O) groups is 1. The molecule has 0 spiro atoms. The van der Waals surface area contributed by atoms with Gasteiger partial charge in [-0.15, -0.1) is 0 Å². The average Bonchev–Trinajstić information content (AvgIpc) is 2.13. The summed E-state index contributed by atoms with van der Waals surface area (Å²) < 4.78 is 4.89. The zero-order valence-corrected chi connectivity index (χ0v) is 8.39. The highest BCUT2D eigenvalue weighted by Gasteiger charge is 2.18. The lowest BCUT2D eigenvalue weighted by atomic mass is 9.92. The van der Waals surface area contributed by atoms with Crippen LogP contribution >= 0.6 is 0 Å². The lowest BCUT2D eigenvalue weighted by Crippen LogP contribution is -2.21. The van der Waals surface area contributed by atoms with E-state index in [-0.39, 0.29) is 11.0 Å². The maximum Gasteiger partial charge on any atom is 0.348 e. The van der Waals surface area contributed by atoms with Crippen LogP contribution in [0.1, 0.15) is 27.2 Å². The fourth-order valence-corrected chi connectivity index (χ4v) is 0.496. The van der Waals surface area contributed by atoms with E-state index in [1.54, 1.807) is 6.07 Å². The number of rotatable bonds is 4. The molecule has 0 aromatic heterocycles. The second-order valence-corrected chi connectivity index (χ2v) is 3.68. The molecule has 0 unspecified atom stereocenters. The molecule has 13 heavy (non-hydrogen) atoms. The second kappa shape index (κ2) is 4.66. The molecule has 0 aliphatic rings. The summed E-state index contributed by atoms with van der Waals surface area (Å²) in [4.78, 5) is 11.0. The fourth-order valence-electron chi connectivity index (χ4n) is 0.496. The molecule has 0 fully saturated rings. The van der Waals surface area contributed by atoms with Crippen LogP contribution in [0.15, 0.2) is 12.2 Å². The molecule has 0 N–H and O–H groups in total. The van der Waals surface area contributed by atoms with E-state index in [0.717, 1.165) is 6.42 Å². The monoisotopic (exact) mass is 181 g/mol. The smallest absolute Gasteiger partial charge is 0.348 e. The van der Waals surface area contributed by atoms with Gasteiger partial charge < -0.3 is 4.74 Å². The number of hydrogen-bond acceptors (Lipinski definition) is 3. The van der Waals surface area contributed by atoms with Gasteiger partial charge in [0.25, 0.3) is 0 Å². The number of nitriles is 1. The van der Waals surface area contributed by atoms with Crippen molar-refractivity contribution < 1.29 is 9.53 Å². The highest BCUT2D eigenvalue weighted by Crippen LogP contribution is 2.19. The molecule has 0 amide bonds. The third-order valence-electron chi connectivity index (χ3n) is 1.93. The first-order valence-electron chi connectivity index (χ1n) is 4.19. The summed E-state index contributed by atoms with van der Waals surface area (Å²) in [6.45, 7) is 9.60. The minimum atomic E-state index is -0.621. The molecule has 0 saturated heterocycles. The van der Waals surface area contributed by atoms with E-state index in [1.807, 2.05) is 20.8 Å². The van der Waals surface area contributed by atoms with Crippen molar-refractivity contribution in [3.05, 3.63) is 12.2 Å². The Balaban J connectivity index is 3.99. The summed E-state index contributed by atoms with van der Waals surface area (Å²) >= 11 is 0. The Bertz CT molecular complexity index is 248. The fraction of sp³-hybridized carbons (Fsp3) is 0.600. The van der Waals surface area contributed by atoms with Crippen LogP contribution in [0.25, 0.3) is 0 Å². The Morgan fingerprint density at radius 3 is 2.54 bits per heavy atom. The van der Waals surface area contributed by atoms with E-state index >= 15 is 0 Å². The molecule has 0 saturated carbocycles. The molecule has 0 radical (unpaired) electrons. The molecule has 0 atom stereocenters. The summed E-state index contributed by atoms with van der Waals surface area (Å²) in [5.41, 5.74) is -0.183. The first-order chi connectivity index (χ1) is 5.93. The van der Waals surface area contributed by atoms with Gasteiger partial charge in [0.15, 0.2) is 0 Å². The Kier molecular flexibility index (Phi) is 4.19. The van der Waals surface area contributed by atoms with Crippen LogP contribution in [0.4, 0.5) is 0 Å². The molecular weight excluding hydrogens is 166 g/mol. The summed E-state index contributed by atoms with van der Waals surface area (Å²) in [6, 6.07) is 1.65. The van der Waals surface area contributed by atoms with Gasteiger partial charge in [-0.25, -0.2) is 4.79 Å². The summed E-state index contributed by atoms with van der Waals surface area (Å²) in [5.74, 6) is -0.621. The first-order valence-corrected chi connectivity index (χ1v) is 4.19. The van der Waals surface area contributed by atoms with Crippen molar-refractivity contribution in [2.45, 2.75) is 27.2 Å². The molecule has 72 valence electrons. The van der Waals surface area contributed by atoms with Crippen molar-refractivity contribution in [2.24, 2.45) is 5.41 Å². The quantitative estimate of drug-likeness (QED) is 0.379. The summed E-state index contributed by atoms with van der Waals surface area (Å²) in [6.07, 6.45) is 0.916. The lowest BCUT2D eigenvalue weighted by molar-refractivity contribution is -0.141. The Hall–Kier alpha value is -1.30. The second-order valence-electron chi connectivity index (χ2n) is 3.68. The van der Waals surface area contributed by atoms with Crippen molar-refractivity contribution in [1.82, 2.24) is 0 Å². The molecule has 0 bridgehead atoms. The molecule has 0 aliphatic heterocycles. The van der Waals surface area contributed by atoms with Crippen LogP contribution in [-0.4, -0.2) is 12.6 Å². The third-order valence-corrected chi connectivity index (χ3v) is 1.93. The van der Waals surface area contributed by atoms with E-state index in [0.29, 0.717) is 6.61 Å². The van der Waals surface area contributed by atoms with Crippen molar-refractivity contribution in [1.29, 1.82) is 5.26 Å². The van der Waals surface area contributed by atoms with Crippen LogP contribution in [0.2, 0.25) is 0 Å². The Morgan fingerprint density at radius 2 is 2.15 bits per heavy atom. The maximum absolute atomic E-state index is 11.0. The van der Waals surface area contributed by atoms with Gasteiger partial charge in [-0.2, -0.15) is 5.26 Å². The van der Waals surface area contributed by atoms with Gasteiger partial charge in [0.05, 0.1) is 6.61 Å². The molecule has 0 aliphatic carbocycles. The highest BCUT2D eigenvalue weighted by molar-refractivity contribution is 5.91.